The first-order chi connectivity index (χ1) is 10.5. The molecule has 1 rings (SSSR count). The molecule has 0 spiro atoms. The monoisotopic (exact) mass is 310 g/mol. The zero-order valence-corrected chi connectivity index (χ0v) is 14.2. The number of rotatable bonds is 10. The maximum atomic E-state index is 12.1. The highest BCUT2D eigenvalue weighted by molar-refractivity contribution is 6.03. The average Bonchev–Trinajstić information content (AvgIpc) is 2.76. The lowest BCUT2D eigenvalue weighted by Crippen LogP contribution is -2.35. The Morgan fingerprint density at radius 1 is 1.23 bits per heavy atom. The average molecular weight is 310 g/mol. The number of hydrogen-bond donors (Lipinski definition) is 1. The lowest BCUT2D eigenvalue weighted by Gasteiger charge is -2.16. The molecule has 5 heteroatoms. The standard InChI is InChI=1S/C17H30N2O3/c1-4-5-6-7-8-10-18-15(20)9-11-19-16(21)12-14(13(2)3)17(19)22/h13-14H,4-12H2,1-3H3,(H,18,20). The minimum atomic E-state index is -0.214. The molecule has 1 fully saturated rings. The Morgan fingerprint density at radius 2 is 1.91 bits per heavy atom. The maximum absolute atomic E-state index is 12.1. The second kappa shape index (κ2) is 9.59. The van der Waals surface area contributed by atoms with Crippen LogP contribution < -0.4 is 5.32 Å². The summed E-state index contributed by atoms with van der Waals surface area (Å²) < 4.78 is 0. The van der Waals surface area contributed by atoms with Crippen molar-refractivity contribution in [1.82, 2.24) is 10.2 Å². The Kier molecular flexibility index (Phi) is 8.13. The van der Waals surface area contributed by atoms with Crippen LogP contribution in [0.15, 0.2) is 0 Å². The van der Waals surface area contributed by atoms with Crippen LogP contribution in [0.2, 0.25) is 0 Å². The fraction of sp³-hybridized carbons (Fsp3) is 0.824. The molecule has 5 nitrogen and oxygen atoms in total. The normalized spacial score (nSPS) is 18.4. The summed E-state index contributed by atoms with van der Waals surface area (Å²) in [6, 6.07) is 0. The zero-order chi connectivity index (χ0) is 16.5. The van der Waals surface area contributed by atoms with Gasteiger partial charge in [-0.2, -0.15) is 0 Å². The molecule has 0 aromatic heterocycles. The first-order valence-corrected chi connectivity index (χ1v) is 8.58. The van der Waals surface area contributed by atoms with Crippen LogP contribution in [0, 0.1) is 11.8 Å². The van der Waals surface area contributed by atoms with Gasteiger partial charge in [-0.3, -0.25) is 19.3 Å². The van der Waals surface area contributed by atoms with Gasteiger partial charge in [-0.15, -0.1) is 0 Å². The molecule has 1 N–H and O–H groups in total. The predicted octanol–water partition coefficient (Wildman–Crippen LogP) is 2.49. The fourth-order valence-corrected chi connectivity index (χ4v) is 2.72. The molecule has 0 bridgehead atoms. The lowest BCUT2D eigenvalue weighted by molar-refractivity contribution is -0.140. The summed E-state index contributed by atoms with van der Waals surface area (Å²) in [6.07, 6.45) is 6.27. The molecule has 0 aromatic carbocycles. The topological polar surface area (TPSA) is 66.5 Å². The van der Waals surface area contributed by atoms with Gasteiger partial charge < -0.3 is 5.32 Å². The molecular weight excluding hydrogens is 280 g/mol. The summed E-state index contributed by atoms with van der Waals surface area (Å²) in [5.41, 5.74) is 0. The van der Waals surface area contributed by atoms with Crippen LogP contribution in [0.4, 0.5) is 0 Å². The number of nitrogens with zero attached hydrogens (tertiary/aromatic N) is 1. The SMILES string of the molecule is CCCCCCCNC(=O)CCN1C(=O)CC(C(C)C)C1=O. The van der Waals surface area contributed by atoms with Gasteiger partial charge >= 0.3 is 0 Å². The molecule has 22 heavy (non-hydrogen) atoms. The largest absolute Gasteiger partial charge is 0.356 e. The highest BCUT2D eigenvalue weighted by Gasteiger charge is 2.39. The highest BCUT2D eigenvalue weighted by atomic mass is 16.2. The number of likely N-dealkylation sites (tertiary alicyclic amines) is 1. The Balaban J connectivity index is 2.21. The third kappa shape index (κ3) is 5.78. The third-order valence-corrected chi connectivity index (χ3v) is 4.25. The second-order valence-electron chi connectivity index (χ2n) is 6.45. The molecule has 0 saturated carbocycles. The molecule has 126 valence electrons. The minimum absolute atomic E-state index is 0.0795. The van der Waals surface area contributed by atoms with Crippen LogP contribution in [0.5, 0.6) is 0 Å². The van der Waals surface area contributed by atoms with Crippen LogP contribution in [0.25, 0.3) is 0 Å². The molecule has 0 aromatic rings. The Labute approximate surface area is 133 Å². The first kappa shape index (κ1) is 18.7. The van der Waals surface area contributed by atoms with Gasteiger partial charge in [0, 0.05) is 31.8 Å². The summed E-state index contributed by atoms with van der Waals surface area (Å²) in [7, 11) is 0. The molecule has 1 atom stereocenters. The Morgan fingerprint density at radius 3 is 2.50 bits per heavy atom. The van der Waals surface area contributed by atoms with Crippen molar-refractivity contribution in [1.29, 1.82) is 0 Å². The van der Waals surface area contributed by atoms with E-state index in [0.29, 0.717) is 6.54 Å². The van der Waals surface area contributed by atoms with E-state index < -0.39 is 0 Å². The molecule has 0 radical (unpaired) electrons. The van der Waals surface area contributed by atoms with Crippen molar-refractivity contribution < 1.29 is 14.4 Å². The smallest absolute Gasteiger partial charge is 0.233 e. The summed E-state index contributed by atoms with van der Waals surface area (Å²) in [4.78, 5) is 37.0. The minimum Gasteiger partial charge on any atom is -0.356 e. The van der Waals surface area contributed by atoms with Gasteiger partial charge in [-0.1, -0.05) is 46.5 Å². The van der Waals surface area contributed by atoms with E-state index in [1.165, 1.54) is 24.2 Å². The van der Waals surface area contributed by atoms with E-state index in [9.17, 15) is 14.4 Å². The number of nitrogens with one attached hydrogen (secondary N) is 1. The number of carbonyl (C=O) groups is 3. The first-order valence-electron chi connectivity index (χ1n) is 8.58. The van der Waals surface area contributed by atoms with Crippen molar-refractivity contribution in [2.75, 3.05) is 13.1 Å². The highest BCUT2D eigenvalue weighted by Crippen LogP contribution is 2.26. The Bertz CT molecular complexity index is 393. The van der Waals surface area contributed by atoms with E-state index in [2.05, 4.69) is 12.2 Å². The van der Waals surface area contributed by atoms with Crippen molar-refractivity contribution in [3.8, 4) is 0 Å². The van der Waals surface area contributed by atoms with Gasteiger partial charge in [0.1, 0.15) is 0 Å². The van der Waals surface area contributed by atoms with Crippen LogP contribution in [0.3, 0.4) is 0 Å². The van der Waals surface area contributed by atoms with Crippen molar-refractivity contribution in [2.24, 2.45) is 11.8 Å². The number of imide groups is 1. The van der Waals surface area contributed by atoms with Gasteiger partial charge in [0.2, 0.25) is 17.7 Å². The van der Waals surface area contributed by atoms with Crippen molar-refractivity contribution in [2.45, 2.75) is 65.7 Å². The number of unbranched alkanes of at least 4 members (excludes halogenated alkanes) is 4. The van der Waals surface area contributed by atoms with Crippen molar-refractivity contribution >= 4 is 17.7 Å². The van der Waals surface area contributed by atoms with Gasteiger partial charge in [0.15, 0.2) is 0 Å². The van der Waals surface area contributed by atoms with Crippen LogP contribution in [0.1, 0.15) is 65.7 Å². The maximum Gasteiger partial charge on any atom is 0.233 e. The molecule has 1 heterocycles. The van der Waals surface area contributed by atoms with E-state index in [1.54, 1.807) is 0 Å². The van der Waals surface area contributed by atoms with Crippen molar-refractivity contribution in [3.63, 3.8) is 0 Å². The van der Waals surface area contributed by atoms with Gasteiger partial charge in [-0.25, -0.2) is 0 Å². The molecule has 1 aliphatic heterocycles. The molecular formula is C17H30N2O3. The Hall–Kier alpha value is -1.39. The van der Waals surface area contributed by atoms with E-state index in [0.717, 1.165) is 12.8 Å². The van der Waals surface area contributed by atoms with Gasteiger partial charge in [0.25, 0.3) is 0 Å². The quantitative estimate of drug-likeness (QED) is 0.498. The lowest BCUT2D eigenvalue weighted by atomic mass is 9.94. The summed E-state index contributed by atoms with van der Waals surface area (Å²) >= 11 is 0. The molecule has 0 aliphatic carbocycles. The van der Waals surface area contributed by atoms with E-state index in [4.69, 9.17) is 0 Å². The number of hydrogen-bond acceptors (Lipinski definition) is 3. The van der Waals surface area contributed by atoms with E-state index in [-0.39, 0.29) is 48.9 Å². The van der Waals surface area contributed by atoms with E-state index >= 15 is 0 Å². The number of carbonyl (C=O) groups excluding carboxylic acids is 3. The molecule has 1 saturated heterocycles. The van der Waals surface area contributed by atoms with Gasteiger partial charge in [-0.05, 0) is 12.3 Å². The number of amides is 3. The summed E-state index contributed by atoms with van der Waals surface area (Å²) in [5.74, 6) is -0.389. The molecule has 1 unspecified atom stereocenters. The summed E-state index contributed by atoms with van der Waals surface area (Å²) in [5, 5.41) is 2.86. The fourth-order valence-electron chi connectivity index (χ4n) is 2.72. The van der Waals surface area contributed by atoms with Crippen molar-refractivity contribution in [3.05, 3.63) is 0 Å². The molecule has 1 aliphatic rings. The van der Waals surface area contributed by atoms with Crippen LogP contribution >= 0.6 is 0 Å². The summed E-state index contributed by atoms with van der Waals surface area (Å²) in [6.45, 7) is 6.96. The predicted molar refractivity (Wildman–Crippen MR) is 86.1 cm³/mol. The zero-order valence-electron chi connectivity index (χ0n) is 14.2. The van der Waals surface area contributed by atoms with E-state index in [1.807, 2.05) is 13.8 Å². The van der Waals surface area contributed by atoms with Crippen LogP contribution in [-0.4, -0.2) is 35.7 Å². The van der Waals surface area contributed by atoms with Crippen LogP contribution in [-0.2, 0) is 14.4 Å². The molecule has 3 amide bonds. The van der Waals surface area contributed by atoms with Gasteiger partial charge in [0.05, 0.1) is 0 Å². The third-order valence-electron chi connectivity index (χ3n) is 4.25. The second-order valence-corrected chi connectivity index (χ2v) is 6.45.